The molecule has 0 aromatic heterocycles. The molecule has 1 heterocycles. The second-order valence-corrected chi connectivity index (χ2v) is 9.57. The predicted octanol–water partition coefficient (Wildman–Crippen LogP) is 3.05. The Hall–Kier alpha value is -1.20. The van der Waals surface area contributed by atoms with Gasteiger partial charge in [-0.2, -0.15) is 0 Å². The fourth-order valence-electron chi connectivity index (χ4n) is 3.68. The molecule has 3 rings (SSSR count). The Kier molecular flexibility index (Phi) is 5.95. The van der Waals surface area contributed by atoms with Crippen LogP contribution in [0.2, 0.25) is 0 Å². The summed E-state index contributed by atoms with van der Waals surface area (Å²) in [6, 6.07) is 6.96. The number of benzene rings is 1. The van der Waals surface area contributed by atoms with E-state index in [0.717, 1.165) is 25.7 Å². The van der Waals surface area contributed by atoms with Crippen molar-refractivity contribution in [2.45, 2.75) is 44.5 Å². The second-order valence-electron chi connectivity index (χ2n) is 7.00. The predicted molar refractivity (Wildman–Crippen MR) is 94.7 cm³/mol. The standard InChI is InChI=1S/C18H26NO5P/c19-10-14(20)12-25(22,11-13-6-2-1-3-7-13)24-18-16-9-5-4-8-15(16)17(21)23-18/h4-5,8-9,13-14,18,20H,1-3,6-7,10-12,19H2. The number of rotatable bonds is 7. The molecule has 3 N–H and O–H groups in total. The number of aliphatic hydroxyl groups is 1. The Morgan fingerprint density at radius 2 is 2.00 bits per heavy atom. The van der Waals surface area contributed by atoms with E-state index in [9.17, 15) is 14.5 Å². The molecule has 1 saturated carbocycles. The average molecular weight is 367 g/mol. The van der Waals surface area contributed by atoms with Gasteiger partial charge in [-0.1, -0.05) is 37.5 Å². The Balaban J connectivity index is 1.77. The number of cyclic esters (lactones) is 1. The molecule has 1 fully saturated rings. The van der Waals surface area contributed by atoms with Crippen molar-refractivity contribution in [3.05, 3.63) is 35.4 Å². The van der Waals surface area contributed by atoms with Crippen LogP contribution in [0, 0.1) is 5.92 Å². The van der Waals surface area contributed by atoms with E-state index >= 15 is 0 Å². The fourth-order valence-corrected chi connectivity index (χ4v) is 6.45. The lowest BCUT2D eigenvalue weighted by Gasteiger charge is -2.29. The van der Waals surface area contributed by atoms with Gasteiger partial charge in [0.15, 0.2) is 0 Å². The summed E-state index contributed by atoms with van der Waals surface area (Å²) in [7, 11) is -3.20. The van der Waals surface area contributed by atoms with Crippen molar-refractivity contribution in [2.75, 3.05) is 18.9 Å². The first-order valence-corrected chi connectivity index (χ1v) is 10.9. The first-order chi connectivity index (χ1) is 12.0. The van der Waals surface area contributed by atoms with Crippen molar-refractivity contribution < 1.29 is 23.7 Å². The van der Waals surface area contributed by atoms with Crippen LogP contribution in [-0.2, 0) is 13.8 Å². The van der Waals surface area contributed by atoms with Crippen LogP contribution in [-0.4, -0.2) is 36.0 Å². The molecule has 0 saturated heterocycles. The van der Waals surface area contributed by atoms with Gasteiger partial charge in [-0.15, -0.1) is 0 Å². The SMILES string of the molecule is NCC(O)CP(=O)(CC1CCCCC1)OC1OC(=O)c2ccccc21. The van der Waals surface area contributed by atoms with Gasteiger partial charge in [-0.3, -0.25) is 9.09 Å². The van der Waals surface area contributed by atoms with Gasteiger partial charge in [0.25, 0.3) is 0 Å². The van der Waals surface area contributed by atoms with Crippen LogP contribution in [0.5, 0.6) is 0 Å². The van der Waals surface area contributed by atoms with Crippen LogP contribution in [0.25, 0.3) is 0 Å². The van der Waals surface area contributed by atoms with Crippen molar-refractivity contribution in [2.24, 2.45) is 11.7 Å². The summed E-state index contributed by atoms with van der Waals surface area (Å²) < 4.78 is 24.6. The summed E-state index contributed by atoms with van der Waals surface area (Å²) in [4.78, 5) is 12.0. The van der Waals surface area contributed by atoms with Crippen LogP contribution in [0.1, 0.15) is 54.3 Å². The molecule has 0 amide bonds. The molecule has 1 aliphatic heterocycles. The highest BCUT2D eigenvalue weighted by Crippen LogP contribution is 2.55. The van der Waals surface area contributed by atoms with Gasteiger partial charge in [0.05, 0.1) is 17.8 Å². The van der Waals surface area contributed by atoms with Gasteiger partial charge < -0.3 is 15.6 Å². The largest absolute Gasteiger partial charge is 0.427 e. The summed E-state index contributed by atoms with van der Waals surface area (Å²) in [6.07, 6.45) is 4.05. The van der Waals surface area contributed by atoms with Crippen LogP contribution < -0.4 is 5.73 Å². The number of hydrogen-bond donors (Lipinski definition) is 2. The Morgan fingerprint density at radius 1 is 1.28 bits per heavy atom. The number of carbonyl (C=O) groups excluding carboxylic acids is 1. The van der Waals surface area contributed by atoms with Crippen molar-refractivity contribution in [1.82, 2.24) is 0 Å². The van der Waals surface area contributed by atoms with Crippen molar-refractivity contribution in [3.8, 4) is 0 Å². The molecular weight excluding hydrogens is 341 g/mol. The number of ether oxygens (including phenoxy) is 1. The normalized spacial score (nSPS) is 24.4. The van der Waals surface area contributed by atoms with Gasteiger partial charge in [0, 0.05) is 18.3 Å². The highest BCUT2D eigenvalue weighted by molar-refractivity contribution is 7.59. The van der Waals surface area contributed by atoms with Gasteiger partial charge >= 0.3 is 5.97 Å². The Labute approximate surface area is 148 Å². The summed E-state index contributed by atoms with van der Waals surface area (Å²) in [5, 5.41) is 9.96. The van der Waals surface area contributed by atoms with E-state index in [2.05, 4.69) is 0 Å². The molecular formula is C18H26NO5P. The number of hydrogen-bond acceptors (Lipinski definition) is 6. The zero-order valence-corrected chi connectivity index (χ0v) is 15.2. The topological polar surface area (TPSA) is 98.8 Å². The third-order valence-corrected chi connectivity index (χ3v) is 7.58. The lowest BCUT2D eigenvalue weighted by molar-refractivity contribution is -0.0375. The first kappa shape index (κ1) is 18.6. The molecule has 1 aliphatic carbocycles. The monoisotopic (exact) mass is 367 g/mol. The molecule has 25 heavy (non-hydrogen) atoms. The lowest BCUT2D eigenvalue weighted by atomic mass is 9.91. The van der Waals surface area contributed by atoms with Crippen LogP contribution in [0.4, 0.5) is 0 Å². The number of aliphatic hydroxyl groups excluding tert-OH is 1. The summed E-state index contributed by atoms with van der Waals surface area (Å²) in [5.41, 5.74) is 6.54. The molecule has 3 unspecified atom stereocenters. The maximum atomic E-state index is 13.5. The third kappa shape index (κ3) is 4.50. The van der Waals surface area contributed by atoms with Gasteiger partial charge in [-0.05, 0) is 24.8 Å². The molecule has 1 aromatic rings. The maximum absolute atomic E-state index is 13.5. The highest BCUT2D eigenvalue weighted by atomic mass is 31.2. The minimum absolute atomic E-state index is 0.00375. The summed E-state index contributed by atoms with van der Waals surface area (Å²) in [6.45, 7) is 0.0268. The van der Waals surface area contributed by atoms with E-state index in [1.54, 1.807) is 24.3 Å². The number of esters is 1. The molecule has 0 radical (unpaired) electrons. The fraction of sp³-hybridized carbons (Fsp3) is 0.611. The number of carbonyl (C=O) groups is 1. The van der Waals surface area contributed by atoms with Gasteiger partial charge in [0.1, 0.15) is 0 Å². The van der Waals surface area contributed by atoms with E-state index < -0.39 is 25.7 Å². The van der Waals surface area contributed by atoms with E-state index in [0.29, 0.717) is 23.2 Å². The first-order valence-electron chi connectivity index (χ1n) is 8.95. The van der Waals surface area contributed by atoms with Crippen LogP contribution in [0.15, 0.2) is 24.3 Å². The zero-order valence-electron chi connectivity index (χ0n) is 14.3. The van der Waals surface area contributed by atoms with E-state index in [-0.39, 0.29) is 12.7 Å². The van der Waals surface area contributed by atoms with Crippen molar-refractivity contribution in [3.63, 3.8) is 0 Å². The zero-order chi connectivity index (χ0) is 17.9. The van der Waals surface area contributed by atoms with Gasteiger partial charge in [-0.25, -0.2) is 4.79 Å². The average Bonchev–Trinajstić information content (AvgIpc) is 2.91. The van der Waals surface area contributed by atoms with Crippen molar-refractivity contribution >= 4 is 13.3 Å². The lowest BCUT2D eigenvalue weighted by Crippen LogP contribution is -2.26. The van der Waals surface area contributed by atoms with E-state index in [4.69, 9.17) is 15.0 Å². The van der Waals surface area contributed by atoms with Crippen LogP contribution >= 0.6 is 7.37 Å². The molecule has 138 valence electrons. The maximum Gasteiger partial charge on any atom is 0.341 e. The summed E-state index contributed by atoms with van der Waals surface area (Å²) >= 11 is 0. The molecule has 7 heteroatoms. The number of nitrogens with two attached hydrogens (primary N) is 1. The highest BCUT2D eigenvalue weighted by Gasteiger charge is 2.39. The smallest absolute Gasteiger partial charge is 0.341 e. The number of fused-ring (bicyclic) bond motifs is 1. The third-order valence-electron chi connectivity index (χ3n) is 4.96. The molecule has 0 bridgehead atoms. The van der Waals surface area contributed by atoms with E-state index in [1.807, 2.05) is 0 Å². The van der Waals surface area contributed by atoms with Crippen LogP contribution in [0.3, 0.4) is 0 Å². The molecule has 0 spiro atoms. The Bertz CT molecular complexity index is 659. The Morgan fingerprint density at radius 3 is 2.72 bits per heavy atom. The summed E-state index contributed by atoms with van der Waals surface area (Å²) in [5.74, 6) is -0.152. The molecule has 3 atom stereocenters. The quantitative estimate of drug-likeness (QED) is 0.568. The van der Waals surface area contributed by atoms with Gasteiger partial charge in [0.2, 0.25) is 13.7 Å². The minimum Gasteiger partial charge on any atom is -0.427 e. The van der Waals surface area contributed by atoms with E-state index in [1.165, 1.54) is 6.42 Å². The van der Waals surface area contributed by atoms with Crippen molar-refractivity contribution in [1.29, 1.82) is 0 Å². The molecule has 2 aliphatic rings. The molecule has 6 nitrogen and oxygen atoms in total. The second kappa shape index (κ2) is 8.00. The minimum atomic E-state index is -3.20. The molecule has 1 aromatic carbocycles.